The lowest BCUT2D eigenvalue weighted by Gasteiger charge is -2.37. The first-order chi connectivity index (χ1) is 13.0. The molecule has 2 unspecified atom stereocenters. The van der Waals surface area contributed by atoms with Crippen molar-refractivity contribution in [2.24, 2.45) is 7.05 Å². The minimum absolute atomic E-state index is 0.0627. The lowest BCUT2D eigenvalue weighted by molar-refractivity contribution is -0.274. The summed E-state index contributed by atoms with van der Waals surface area (Å²) in [6.45, 7) is 1.23. The van der Waals surface area contributed by atoms with Gasteiger partial charge in [0.2, 0.25) is 0 Å². The molecule has 150 valence electrons. The molecule has 28 heavy (non-hydrogen) atoms. The maximum absolute atomic E-state index is 14.1. The molecule has 1 heterocycles. The minimum atomic E-state index is -5.03. The fourth-order valence-corrected chi connectivity index (χ4v) is 3.51. The summed E-state index contributed by atoms with van der Waals surface area (Å²) in [7, 11) is 2.74. The molecule has 0 aliphatic carbocycles. The number of aliphatic hydroxyl groups is 1. The van der Waals surface area contributed by atoms with Crippen molar-refractivity contribution in [2.75, 3.05) is 7.11 Å². The Labute approximate surface area is 162 Å². The van der Waals surface area contributed by atoms with Gasteiger partial charge in [-0.15, -0.1) is 0 Å². The van der Waals surface area contributed by atoms with Crippen molar-refractivity contribution >= 4 is 22.7 Å². The molecule has 3 rings (SSSR count). The predicted octanol–water partition coefficient (Wildman–Crippen LogP) is 4.35. The molecular formula is C19H17ClF3NO4. The van der Waals surface area contributed by atoms with E-state index in [0.717, 1.165) is 16.7 Å². The number of fused-ring (bicyclic) bond motifs is 1. The van der Waals surface area contributed by atoms with Crippen LogP contribution in [0.3, 0.4) is 0 Å². The lowest BCUT2D eigenvalue weighted by atomic mass is 9.77. The zero-order valence-electron chi connectivity index (χ0n) is 15.2. The molecule has 0 saturated heterocycles. The van der Waals surface area contributed by atoms with E-state index >= 15 is 0 Å². The average Bonchev–Trinajstić information content (AvgIpc) is 2.93. The van der Waals surface area contributed by atoms with Crippen LogP contribution in [0.25, 0.3) is 11.1 Å². The molecule has 1 N–H and O–H groups in total. The van der Waals surface area contributed by atoms with Crippen LogP contribution in [0.2, 0.25) is 5.02 Å². The van der Waals surface area contributed by atoms with E-state index in [9.17, 15) is 23.1 Å². The highest BCUT2D eigenvalue weighted by Crippen LogP contribution is 2.50. The summed E-state index contributed by atoms with van der Waals surface area (Å²) in [6.07, 6.45) is -5.03. The molecule has 1 aromatic heterocycles. The van der Waals surface area contributed by atoms with Gasteiger partial charge in [-0.3, -0.25) is 4.57 Å². The molecule has 0 amide bonds. The number of rotatable bonds is 4. The van der Waals surface area contributed by atoms with Crippen molar-refractivity contribution in [1.82, 2.24) is 4.57 Å². The second-order valence-electron chi connectivity index (χ2n) is 6.48. The van der Waals surface area contributed by atoms with Crippen LogP contribution in [0.1, 0.15) is 24.0 Å². The number of hydrogen-bond acceptors (Lipinski definition) is 4. The zero-order chi connectivity index (χ0) is 20.9. The summed E-state index contributed by atoms with van der Waals surface area (Å²) in [5.74, 6) is -1.88. The summed E-state index contributed by atoms with van der Waals surface area (Å²) in [5, 5.41) is 11.0. The Kier molecular flexibility index (Phi) is 4.97. The number of aromatic nitrogens is 1. The average molecular weight is 416 g/mol. The second kappa shape index (κ2) is 6.86. The van der Waals surface area contributed by atoms with Gasteiger partial charge in [-0.1, -0.05) is 24.6 Å². The van der Waals surface area contributed by atoms with Gasteiger partial charge in [0, 0.05) is 18.0 Å². The number of benzene rings is 2. The highest BCUT2D eigenvalue weighted by molar-refractivity contribution is 6.31. The number of aryl methyl sites for hydroxylation is 1. The Hall–Kier alpha value is -2.45. The van der Waals surface area contributed by atoms with Gasteiger partial charge in [0.05, 0.1) is 12.6 Å². The SMILES string of the molecule is COc1ccc(Cl)c(C(C)C(O)(c2ccc3oc(=O)n(C)c3c2)C(F)(F)F)c1. The number of nitrogens with zero attached hydrogens (tertiary/aromatic N) is 1. The van der Waals surface area contributed by atoms with E-state index in [1.54, 1.807) is 0 Å². The number of methoxy groups -OCH3 is 1. The normalized spacial score (nSPS) is 15.4. The molecule has 0 spiro atoms. The van der Waals surface area contributed by atoms with Crippen LogP contribution >= 0.6 is 11.6 Å². The van der Waals surface area contributed by atoms with Crippen molar-refractivity contribution in [3.8, 4) is 5.75 Å². The van der Waals surface area contributed by atoms with Crippen molar-refractivity contribution < 1.29 is 27.4 Å². The highest BCUT2D eigenvalue weighted by Gasteiger charge is 2.59. The van der Waals surface area contributed by atoms with Gasteiger partial charge in [-0.05, 0) is 41.5 Å². The van der Waals surface area contributed by atoms with Crippen LogP contribution in [-0.2, 0) is 12.6 Å². The van der Waals surface area contributed by atoms with Gasteiger partial charge >= 0.3 is 11.9 Å². The standard InChI is InChI=1S/C19H17ClF3NO4/c1-10(13-9-12(27-3)5-6-14(13)20)18(26,19(21,22)23)11-4-7-16-15(8-11)24(2)17(25)28-16/h4-10,26H,1-3H3. The quantitative estimate of drug-likeness (QED) is 0.688. The summed E-state index contributed by atoms with van der Waals surface area (Å²) in [6, 6.07) is 7.69. The fourth-order valence-electron chi connectivity index (χ4n) is 3.23. The molecule has 9 heteroatoms. The van der Waals surface area contributed by atoms with Crippen LogP contribution in [0, 0.1) is 0 Å². The third-order valence-corrected chi connectivity index (χ3v) is 5.30. The van der Waals surface area contributed by atoms with Gasteiger partial charge in [0.1, 0.15) is 5.75 Å². The van der Waals surface area contributed by atoms with Gasteiger partial charge in [0.25, 0.3) is 0 Å². The molecule has 2 atom stereocenters. The van der Waals surface area contributed by atoms with Crippen molar-refractivity contribution in [1.29, 1.82) is 0 Å². The smallest absolute Gasteiger partial charge is 0.422 e. The highest BCUT2D eigenvalue weighted by atomic mass is 35.5. The topological polar surface area (TPSA) is 64.6 Å². The van der Waals surface area contributed by atoms with Crippen molar-refractivity contribution in [2.45, 2.75) is 24.6 Å². The van der Waals surface area contributed by atoms with Gasteiger partial charge in [-0.25, -0.2) is 4.79 Å². The summed E-state index contributed by atoms with van der Waals surface area (Å²) < 4.78 is 53.5. The molecule has 0 bridgehead atoms. The first kappa shape index (κ1) is 20.3. The van der Waals surface area contributed by atoms with Crippen LogP contribution in [0.15, 0.2) is 45.6 Å². The molecule has 0 saturated carbocycles. The largest absolute Gasteiger partial charge is 0.497 e. The zero-order valence-corrected chi connectivity index (χ0v) is 15.9. The number of oxazole rings is 1. The molecule has 0 fully saturated rings. The van der Waals surface area contributed by atoms with Crippen molar-refractivity contribution in [3.63, 3.8) is 0 Å². The molecule has 3 aromatic rings. The van der Waals surface area contributed by atoms with E-state index in [-0.39, 0.29) is 21.7 Å². The van der Waals surface area contributed by atoms with E-state index in [1.807, 2.05) is 0 Å². The first-order valence-corrected chi connectivity index (χ1v) is 8.61. The molecule has 0 aliphatic heterocycles. The lowest BCUT2D eigenvalue weighted by Crippen LogP contribution is -2.46. The van der Waals surface area contributed by atoms with Crippen LogP contribution in [-0.4, -0.2) is 23.0 Å². The Morgan fingerprint density at radius 1 is 1.21 bits per heavy atom. The maximum atomic E-state index is 14.1. The van der Waals surface area contributed by atoms with Crippen LogP contribution in [0.4, 0.5) is 13.2 Å². The van der Waals surface area contributed by atoms with Crippen molar-refractivity contribution in [3.05, 3.63) is 63.1 Å². The summed E-state index contributed by atoms with van der Waals surface area (Å²) in [4.78, 5) is 11.6. The molecule has 5 nitrogen and oxygen atoms in total. The molecule has 2 aromatic carbocycles. The van der Waals surface area contributed by atoms with Gasteiger partial charge in [-0.2, -0.15) is 13.2 Å². The maximum Gasteiger partial charge on any atom is 0.422 e. The van der Waals surface area contributed by atoms with E-state index in [0.29, 0.717) is 5.75 Å². The van der Waals surface area contributed by atoms with E-state index in [4.69, 9.17) is 20.8 Å². The van der Waals surface area contributed by atoms with E-state index in [1.165, 1.54) is 45.3 Å². The molecular weight excluding hydrogens is 399 g/mol. The monoisotopic (exact) mass is 415 g/mol. The minimum Gasteiger partial charge on any atom is -0.497 e. The number of hydrogen-bond donors (Lipinski definition) is 1. The summed E-state index contributed by atoms with van der Waals surface area (Å²) in [5.41, 5.74) is -3.39. The summed E-state index contributed by atoms with van der Waals surface area (Å²) >= 11 is 6.12. The molecule has 0 radical (unpaired) electrons. The van der Waals surface area contributed by atoms with Crippen LogP contribution in [0.5, 0.6) is 5.75 Å². The van der Waals surface area contributed by atoms with E-state index in [2.05, 4.69) is 0 Å². The fraction of sp³-hybridized carbons (Fsp3) is 0.316. The Bertz CT molecular complexity index is 1090. The third-order valence-electron chi connectivity index (χ3n) is 4.96. The number of ether oxygens (including phenoxy) is 1. The van der Waals surface area contributed by atoms with E-state index < -0.39 is 29.0 Å². The predicted molar refractivity (Wildman–Crippen MR) is 97.8 cm³/mol. The molecule has 0 aliphatic rings. The second-order valence-corrected chi connectivity index (χ2v) is 6.89. The number of halogens is 4. The van der Waals surface area contributed by atoms with Gasteiger partial charge < -0.3 is 14.3 Å². The third kappa shape index (κ3) is 3.06. The number of alkyl halides is 3. The Morgan fingerprint density at radius 3 is 2.50 bits per heavy atom. The first-order valence-electron chi connectivity index (χ1n) is 8.23. The van der Waals surface area contributed by atoms with Gasteiger partial charge in [0.15, 0.2) is 11.2 Å². The Morgan fingerprint density at radius 2 is 1.89 bits per heavy atom. The Balaban J connectivity index is 2.24. The van der Waals surface area contributed by atoms with Crippen LogP contribution < -0.4 is 10.5 Å².